The van der Waals surface area contributed by atoms with Gasteiger partial charge in [0.05, 0.1) is 11.9 Å². The fourth-order valence-electron chi connectivity index (χ4n) is 2.75. The maximum absolute atomic E-state index is 12.8. The van der Waals surface area contributed by atoms with E-state index in [9.17, 15) is 9.59 Å². The first kappa shape index (κ1) is 22.8. The third-order valence-corrected chi connectivity index (χ3v) is 6.18. The third kappa shape index (κ3) is 6.57. The van der Waals surface area contributed by atoms with Gasteiger partial charge in [0, 0.05) is 17.7 Å². The van der Waals surface area contributed by atoms with Gasteiger partial charge in [0.25, 0.3) is 5.91 Å². The lowest BCUT2D eigenvalue weighted by atomic mass is 10.1. The van der Waals surface area contributed by atoms with Crippen molar-refractivity contribution in [2.45, 2.75) is 31.2 Å². The lowest BCUT2D eigenvalue weighted by molar-refractivity contribution is -0.118. The molecule has 3 aromatic rings. The van der Waals surface area contributed by atoms with Crippen LogP contribution in [0.3, 0.4) is 0 Å². The smallest absolute Gasteiger partial charge is 0.256 e. The minimum absolute atomic E-state index is 0.0433. The minimum atomic E-state index is -0.225. The summed E-state index contributed by atoms with van der Waals surface area (Å²) >= 11 is 2.72. The Morgan fingerprint density at radius 1 is 1.10 bits per heavy atom. The van der Waals surface area contributed by atoms with Crippen LogP contribution in [0.15, 0.2) is 58.9 Å². The average molecular weight is 456 g/mol. The lowest BCUT2D eigenvalue weighted by Gasteiger charge is -2.10. The number of ether oxygens (including phenoxy) is 1. The predicted molar refractivity (Wildman–Crippen MR) is 127 cm³/mol. The number of nitrogens with one attached hydrogen (secondary N) is 2. The molecular formula is C23H25N3O3S2. The first-order valence-electron chi connectivity index (χ1n) is 10.00. The molecule has 2 aromatic carbocycles. The van der Waals surface area contributed by atoms with Crippen molar-refractivity contribution in [1.82, 2.24) is 10.3 Å². The van der Waals surface area contributed by atoms with Crippen molar-refractivity contribution in [2.75, 3.05) is 17.6 Å². The number of hydrogen-bond acceptors (Lipinski definition) is 6. The molecule has 2 N–H and O–H groups in total. The highest BCUT2D eigenvalue weighted by atomic mass is 32.2. The second-order valence-electron chi connectivity index (χ2n) is 6.91. The SMILES string of the molecule is CCNC(=O)CSc1nc(-c2ccccc2)c(NC(=O)c2ccc(OC(C)C)cc2)s1. The molecule has 162 valence electrons. The molecular weight excluding hydrogens is 430 g/mol. The highest BCUT2D eigenvalue weighted by Gasteiger charge is 2.17. The molecule has 0 atom stereocenters. The van der Waals surface area contributed by atoms with Gasteiger partial charge in [0.15, 0.2) is 4.34 Å². The maximum atomic E-state index is 12.8. The summed E-state index contributed by atoms with van der Waals surface area (Å²) in [5.41, 5.74) is 2.12. The normalized spacial score (nSPS) is 10.7. The van der Waals surface area contributed by atoms with Crippen LogP contribution in [0.4, 0.5) is 5.00 Å². The number of nitrogens with zero attached hydrogens (tertiary/aromatic N) is 1. The number of thiazole rings is 1. The van der Waals surface area contributed by atoms with Crippen molar-refractivity contribution < 1.29 is 14.3 Å². The predicted octanol–water partition coefficient (Wildman–Crippen LogP) is 5.08. The van der Waals surface area contributed by atoms with Crippen LogP contribution in [0.2, 0.25) is 0 Å². The lowest BCUT2D eigenvalue weighted by Crippen LogP contribution is -2.24. The van der Waals surface area contributed by atoms with Crippen molar-refractivity contribution in [3.63, 3.8) is 0 Å². The zero-order chi connectivity index (χ0) is 22.2. The number of benzene rings is 2. The number of anilines is 1. The summed E-state index contributed by atoms with van der Waals surface area (Å²) in [5, 5.41) is 6.41. The molecule has 31 heavy (non-hydrogen) atoms. The van der Waals surface area contributed by atoms with Crippen molar-refractivity contribution in [1.29, 1.82) is 0 Å². The van der Waals surface area contributed by atoms with Crippen LogP contribution in [-0.2, 0) is 4.79 Å². The standard InChI is InChI=1S/C23H25N3O3S2/c1-4-24-19(27)14-30-23-25-20(16-8-6-5-7-9-16)22(31-23)26-21(28)17-10-12-18(13-11-17)29-15(2)3/h5-13,15H,4,14H2,1-3H3,(H,24,27)(H,26,28). The topological polar surface area (TPSA) is 80.3 Å². The van der Waals surface area contributed by atoms with Gasteiger partial charge in [0.2, 0.25) is 5.91 Å². The van der Waals surface area contributed by atoms with Gasteiger partial charge in [-0.15, -0.1) is 0 Å². The largest absolute Gasteiger partial charge is 0.491 e. The van der Waals surface area contributed by atoms with E-state index in [1.165, 1.54) is 23.1 Å². The van der Waals surface area contributed by atoms with Gasteiger partial charge in [-0.3, -0.25) is 9.59 Å². The van der Waals surface area contributed by atoms with E-state index in [2.05, 4.69) is 15.6 Å². The molecule has 0 aliphatic rings. The molecule has 0 radical (unpaired) electrons. The fourth-order valence-corrected chi connectivity index (χ4v) is 4.64. The van der Waals surface area contributed by atoms with Crippen molar-refractivity contribution in [3.8, 4) is 17.0 Å². The molecule has 1 aromatic heterocycles. The molecule has 8 heteroatoms. The maximum Gasteiger partial charge on any atom is 0.256 e. The summed E-state index contributed by atoms with van der Waals surface area (Å²) in [6, 6.07) is 16.7. The molecule has 0 fully saturated rings. The van der Waals surface area contributed by atoms with Gasteiger partial charge in [-0.2, -0.15) is 0 Å². The molecule has 1 heterocycles. The fraction of sp³-hybridized carbons (Fsp3) is 0.261. The Labute approximate surface area is 190 Å². The van der Waals surface area contributed by atoms with Gasteiger partial charge in [-0.25, -0.2) is 4.98 Å². The molecule has 0 saturated carbocycles. The Kier molecular flexibility index (Phi) is 8.08. The summed E-state index contributed by atoms with van der Waals surface area (Å²) in [6.07, 6.45) is 0.0700. The zero-order valence-electron chi connectivity index (χ0n) is 17.7. The summed E-state index contributed by atoms with van der Waals surface area (Å²) in [7, 11) is 0. The monoisotopic (exact) mass is 455 g/mol. The molecule has 0 unspecified atom stereocenters. The van der Waals surface area contributed by atoms with Crippen LogP contribution in [0, 0.1) is 0 Å². The summed E-state index contributed by atoms with van der Waals surface area (Å²) in [4.78, 5) is 29.3. The number of thioether (sulfide) groups is 1. The van der Waals surface area contributed by atoms with Crippen LogP contribution in [0.25, 0.3) is 11.3 Å². The van der Waals surface area contributed by atoms with E-state index in [-0.39, 0.29) is 23.7 Å². The number of rotatable bonds is 9. The molecule has 2 amide bonds. The summed E-state index contributed by atoms with van der Waals surface area (Å²) < 4.78 is 6.36. The quantitative estimate of drug-likeness (QED) is 0.440. The number of carbonyl (C=O) groups excluding carboxylic acids is 2. The second-order valence-corrected chi connectivity index (χ2v) is 9.13. The highest BCUT2D eigenvalue weighted by molar-refractivity contribution is 8.01. The number of hydrogen-bond donors (Lipinski definition) is 2. The van der Waals surface area contributed by atoms with Crippen LogP contribution in [0.1, 0.15) is 31.1 Å². The Morgan fingerprint density at radius 2 is 1.81 bits per heavy atom. The van der Waals surface area contributed by atoms with Gasteiger partial charge in [-0.05, 0) is 45.0 Å². The van der Waals surface area contributed by atoms with E-state index in [4.69, 9.17) is 4.74 Å². The number of aromatic nitrogens is 1. The van der Waals surface area contributed by atoms with Crippen LogP contribution in [-0.4, -0.2) is 35.2 Å². The average Bonchev–Trinajstić information content (AvgIpc) is 3.16. The van der Waals surface area contributed by atoms with Gasteiger partial charge in [-0.1, -0.05) is 53.4 Å². The van der Waals surface area contributed by atoms with E-state index in [0.29, 0.717) is 22.8 Å². The molecule has 0 spiro atoms. The summed E-state index contributed by atoms with van der Waals surface area (Å²) in [5.74, 6) is 0.731. The first-order chi connectivity index (χ1) is 15.0. The van der Waals surface area contributed by atoms with E-state index >= 15 is 0 Å². The molecule has 0 aliphatic carbocycles. The third-order valence-electron chi connectivity index (χ3n) is 4.07. The van der Waals surface area contributed by atoms with Crippen molar-refractivity contribution in [3.05, 3.63) is 60.2 Å². The highest BCUT2D eigenvalue weighted by Crippen LogP contribution is 2.37. The van der Waals surface area contributed by atoms with E-state index in [0.717, 1.165) is 15.7 Å². The Bertz CT molecular complexity index is 1020. The van der Waals surface area contributed by atoms with Gasteiger partial charge < -0.3 is 15.4 Å². The van der Waals surface area contributed by atoms with Crippen LogP contribution >= 0.6 is 23.1 Å². The molecule has 6 nitrogen and oxygen atoms in total. The molecule has 0 saturated heterocycles. The van der Waals surface area contributed by atoms with Crippen LogP contribution in [0.5, 0.6) is 5.75 Å². The Balaban J connectivity index is 1.79. The minimum Gasteiger partial charge on any atom is -0.491 e. The summed E-state index contributed by atoms with van der Waals surface area (Å²) in [6.45, 7) is 6.39. The first-order valence-corrected chi connectivity index (χ1v) is 11.8. The van der Waals surface area contributed by atoms with E-state index < -0.39 is 0 Å². The second kappa shape index (κ2) is 11.0. The zero-order valence-corrected chi connectivity index (χ0v) is 19.3. The van der Waals surface area contributed by atoms with Gasteiger partial charge in [0.1, 0.15) is 16.4 Å². The molecule has 0 bridgehead atoms. The Hall–Kier alpha value is -2.84. The van der Waals surface area contributed by atoms with Crippen molar-refractivity contribution in [2.24, 2.45) is 0 Å². The van der Waals surface area contributed by atoms with Crippen LogP contribution < -0.4 is 15.4 Å². The van der Waals surface area contributed by atoms with E-state index in [1.54, 1.807) is 24.3 Å². The number of amides is 2. The molecule has 3 rings (SSSR count). The van der Waals surface area contributed by atoms with Crippen molar-refractivity contribution >= 4 is 39.9 Å². The Morgan fingerprint density at radius 3 is 2.45 bits per heavy atom. The van der Waals surface area contributed by atoms with E-state index in [1.807, 2.05) is 51.1 Å². The molecule has 0 aliphatic heterocycles. The number of carbonyl (C=O) groups is 2. The van der Waals surface area contributed by atoms with Gasteiger partial charge >= 0.3 is 0 Å².